The Labute approximate surface area is 182 Å². The van der Waals surface area contributed by atoms with E-state index in [-0.39, 0.29) is 24.2 Å². The number of rotatable bonds is 9. The van der Waals surface area contributed by atoms with Crippen molar-refractivity contribution < 1.29 is 18.7 Å². The molecule has 1 fully saturated rings. The maximum Gasteiger partial charge on any atom is 0.238 e. The van der Waals surface area contributed by atoms with Gasteiger partial charge in [0.1, 0.15) is 18.2 Å². The lowest BCUT2D eigenvalue weighted by Gasteiger charge is -2.35. The van der Waals surface area contributed by atoms with Crippen molar-refractivity contribution in [3.8, 4) is 5.75 Å². The van der Waals surface area contributed by atoms with Gasteiger partial charge in [0.05, 0.1) is 13.1 Å². The minimum atomic E-state index is -0.340. The summed E-state index contributed by atoms with van der Waals surface area (Å²) < 4.78 is 18.6. The van der Waals surface area contributed by atoms with Crippen LogP contribution in [0.1, 0.15) is 0 Å². The number of halogens is 1. The van der Waals surface area contributed by atoms with Crippen molar-refractivity contribution in [2.24, 2.45) is 0 Å². The zero-order chi connectivity index (χ0) is 22.1. The van der Waals surface area contributed by atoms with E-state index in [1.54, 1.807) is 0 Å². The normalized spacial score (nSPS) is 14.5. The number of carbonyl (C=O) groups is 2. The van der Waals surface area contributed by atoms with Gasteiger partial charge in [-0.05, 0) is 43.4 Å². The lowest BCUT2D eigenvalue weighted by Crippen LogP contribution is -2.52. The molecule has 1 aliphatic rings. The van der Waals surface area contributed by atoms with Crippen LogP contribution in [0.2, 0.25) is 0 Å². The van der Waals surface area contributed by atoms with Gasteiger partial charge < -0.3 is 15.0 Å². The van der Waals surface area contributed by atoms with Gasteiger partial charge in [-0.15, -0.1) is 0 Å². The summed E-state index contributed by atoms with van der Waals surface area (Å²) in [6.07, 6.45) is 0. The number of hydrogen-bond acceptors (Lipinski definition) is 5. The average Bonchev–Trinajstić information content (AvgIpc) is 2.76. The molecular formula is C23H29FN4O3. The number of nitrogens with zero attached hydrogens (tertiary/aromatic N) is 3. The van der Waals surface area contributed by atoms with E-state index in [4.69, 9.17) is 4.74 Å². The van der Waals surface area contributed by atoms with Crippen molar-refractivity contribution in [3.05, 3.63) is 60.4 Å². The second kappa shape index (κ2) is 11.4. The summed E-state index contributed by atoms with van der Waals surface area (Å²) in [4.78, 5) is 30.5. The Kier molecular flexibility index (Phi) is 8.37. The van der Waals surface area contributed by atoms with Crippen molar-refractivity contribution in [2.45, 2.75) is 0 Å². The van der Waals surface area contributed by atoms with Gasteiger partial charge in [0, 0.05) is 38.4 Å². The van der Waals surface area contributed by atoms with E-state index in [1.807, 2.05) is 52.1 Å². The van der Waals surface area contributed by atoms with Crippen molar-refractivity contribution in [1.82, 2.24) is 14.7 Å². The van der Waals surface area contributed by atoms with Crippen molar-refractivity contribution in [2.75, 3.05) is 64.8 Å². The fraction of sp³-hybridized carbons (Fsp3) is 0.391. The summed E-state index contributed by atoms with van der Waals surface area (Å²) in [6, 6.07) is 15.3. The van der Waals surface area contributed by atoms with E-state index in [1.165, 1.54) is 24.3 Å². The number of ether oxygens (including phenoxy) is 1. The van der Waals surface area contributed by atoms with Gasteiger partial charge in [0.25, 0.3) is 0 Å². The molecule has 2 amide bonds. The molecule has 1 aliphatic heterocycles. The van der Waals surface area contributed by atoms with Gasteiger partial charge in [-0.3, -0.25) is 19.4 Å². The summed E-state index contributed by atoms with van der Waals surface area (Å²) in [7, 11) is 1.91. The Balaban J connectivity index is 1.32. The van der Waals surface area contributed by atoms with Gasteiger partial charge in [0.15, 0.2) is 0 Å². The predicted molar refractivity (Wildman–Crippen MR) is 117 cm³/mol. The fourth-order valence-electron chi connectivity index (χ4n) is 3.34. The summed E-state index contributed by atoms with van der Waals surface area (Å²) in [5.74, 6) is 0.414. The van der Waals surface area contributed by atoms with E-state index in [2.05, 4.69) is 5.32 Å². The summed E-state index contributed by atoms with van der Waals surface area (Å²) in [5, 5.41) is 2.76. The molecule has 0 aromatic heterocycles. The Morgan fingerprint density at radius 2 is 1.71 bits per heavy atom. The molecule has 166 valence electrons. The largest absolute Gasteiger partial charge is 0.492 e. The van der Waals surface area contributed by atoms with Gasteiger partial charge in [-0.2, -0.15) is 0 Å². The summed E-state index contributed by atoms with van der Waals surface area (Å²) in [6.45, 7) is 4.23. The smallest absolute Gasteiger partial charge is 0.238 e. The van der Waals surface area contributed by atoms with Crippen LogP contribution in [0, 0.1) is 5.82 Å². The number of hydrogen-bond donors (Lipinski definition) is 1. The summed E-state index contributed by atoms with van der Waals surface area (Å²) >= 11 is 0. The lowest BCUT2D eigenvalue weighted by atomic mass is 10.3. The quantitative estimate of drug-likeness (QED) is 0.661. The average molecular weight is 429 g/mol. The number of piperazine rings is 1. The van der Waals surface area contributed by atoms with Crippen LogP contribution in [0.25, 0.3) is 0 Å². The molecule has 0 aliphatic carbocycles. The zero-order valence-electron chi connectivity index (χ0n) is 17.8. The molecule has 2 aromatic rings. The first kappa shape index (κ1) is 22.7. The molecule has 0 radical (unpaired) electrons. The first-order valence-corrected chi connectivity index (χ1v) is 10.4. The Bertz CT molecular complexity index is 840. The van der Waals surface area contributed by atoms with Crippen LogP contribution in [0.15, 0.2) is 54.6 Å². The van der Waals surface area contributed by atoms with E-state index < -0.39 is 0 Å². The minimum absolute atomic E-state index is 0.0811. The molecule has 1 N–H and O–H groups in total. The highest BCUT2D eigenvalue weighted by molar-refractivity contribution is 5.92. The maximum absolute atomic E-state index is 12.9. The molecule has 31 heavy (non-hydrogen) atoms. The molecular weight excluding hydrogens is 399 g/mol. The number of nitrogens with one attached hydrogen (secondary N) is 1. The monoisotopic (exact) mass is 428 g/mol. The highest BCUT2D eigenvalue weighted by Gasteiger charge is 2.23. The predicted octanol–water partition coefficient (Wildman–Crippen LogP) is 1.92. The third-order valence-electron chi connectivity index (χ3n) is 5.11. The standard InChI is InChI=1S/C23H29FN4O3/c1-26(15-16-31-21-5-3-2-4-6-21)18-23(30)28-13-11-27(12-14-28)17-22(29)25-20-9-7-19(24)8-10-20/h2-10H,11-18H2,1H3,(H,25,29). The van der Waals surface area contributed by atoms with Crippen LogP contribution in [-0.4, -0.2) is 86.0 Å². The molecule has 8 heteroatoms. The van der Waals surface area contributed by atoms with Crippen LogP contribution >= 0.6 is 0 Å². The maximum atomic E-state index is 12.9. The number of para-hydroxylation sites is 1. The third kappa shape index (κ3) is 7.66. The third-order valence-corrected chi connectivity index (χ3v) is 5.11. The van der Waals surface area contributed by atoms with Gasteiger partial charge >= 0.3 is 0 Å². The number of benzene rings is 2. The molecule has 2 aromatic carbocycles. The van der Waals surface area contributed by atoms with Crippen molar-refractivity contribution in [3.63, 3.8) is 0 Å². The number of likely N-dealkylation sites (N-methyl/N-ethyl adjacent to an activating group) is 1. The number of anilines is 1. The number of amides is 2. The Morgan fingerprint density at radius 3 is 2.39 bits per heavy atom. The van der Waals surface area contributed by atoms with E-state index in [0.717, 1.165) is 5.75 Å². The molecule has 1 heterocycles. The fourth-order valence-corrected chi connectivity index (χ4v) is 3.34. The molecule has 1 saturated heterocycles. The van der Waals surface area contributed by atoms with E-state index in [0.29, 0.717) is 51.6 Å². The topological polar surface area (TPSA) is 65.1 Å². The second-order valence-electron chi connectivity index (χ2n) is 7.61. The van der Waals surface area contributed by atoms with Gasteiger partial charge in [0.2, 0.25) is 11.8 Å². The van der Waals surface area contributed by atoms with Crippen LogP contribution in [0.4, 0.5) is 10.1 Å². The van der Waals surface area contributed by atoms with Crippen LogP contribution in [0.3, 0.4) is 0 Å². The Hall–Kier alpha value is -2.97. The summed E-state index contributed by atoms with van der Waals surface area (Å²) in [5.41, 5.74) is 0.569. The van der Waals surface area contributed by atoms with Gasteiger partial charge in [-0.1, -0.05) is 18.2 Å². The van der Waals surface area contributed by atoms with E-state index >= 15 is 0 Å². The van der Waals surface area contributed by atoms with Crippen LogP contribution < -0.4 is 10.1 Å². The molecule has 0 spiro atoms. The molecule has 0 unspecified atom stereocenters. The lowest BCUT2D eigenvalue weighted by molar-refractivity contribution is -0.134. The van der Waals surface area contributed by atoms with Crippen LogP contribution in [-0.2, 0) is 9.59 Å². The molecule has 3 rings (SSSR count). The minimum Gasteiger partial charge on any atom is -0.492 e. The highest BCUT2D eigenvalue weighted by atomic mass is 19.1. The van der Waals surface area contributed by atoms with Crippen molar-refractivity contribution >= 4 is 17.5 Å². The molecule has 7 nitrogen and oxygen atoms in total. The van der Waals surface area contributed by atoms with E-state index in [9.17, 15) is 14.0 Å². The molecule has 0 atom stereocenters. The SMILES string of the molecule is CN(CCOc1ccccc1)CC(=O)N1CCN(CC(=O)Nc2ccc(F)cc2)CC1. The first-order valence-electron chi connectivity index (χ1n) is 10.4. The molecule has 0 saturated carbocycles. The zero-order valence-corrected chi connectivity index (χ0v) is 17.8. The van der Waals surface area contributed by atoms with Crippen LogP contribution in [0.5, 0.6) is 5.75 Å². The highest BCUT2D eigenvalue weighted by Crippen LogP contribution is 2.10. The second-order valence-corrected chi connectivity index (χ2v) is 7.61. The van der Waals surface area contributed by atoms with Crippen molar-refractivity contribution in [1.29, 1.82) is 0 Å². The number of carbonyl (C=O) groups excluding carboxylic acids is 2. The molecule has 0 bridgehead atoms. The first-order chi connectivity index (χ1) is 15.0. The van der Waals surface area contributed by atoms with Gasteiger partial charge in [-0.25, -0.2) is 4.39 Å². The Morgan fingerprint density at radius 1 is 1.03 bits per heavy atom.